The first-order valence-corrected chi connectivity index (χ1v) is 9.96. The molecule has 0 saturated carbocycles. The van der Waals surface area contributed by atoms with Gasteiger partial charge in [-0.25, -0.2) is 0 Å². The minimum atomic E-state index is -0.937. The average molecular weight is 399 g/mol. The number of carbonyl (C=O) groups excluding carboxylic acids is 4. The van der Waals surface area contributed by atoms with Crippen molar-refractivity contribution in [2.75, 3.05) is 11.4 Å². The average Bonchev–Trinajstić information content (AvgIpc) is 3.34. The van der Waals surface area contributed by atoms with Crippen molar-refractivity contribution in [2.45, 2.75) is 39.2 Å². The molecule has 1 unspecified atom stereocenters. The van der Waals surface area contributed by atoms with Crippen molar-refractivity contribution in [2.24, 2.45) is 0 Å². The number of benzene rings is 1. The monoisotopic (exact) mass is 399 g/mol. The predicted molar refractivity (Wildman–Crippen MR) is 106 cm³/mol. The van der Waals surface area contributed by atoms with Crippen LogP contribution >= 0.6 is 11.3 Å². The maximum atomic E-state index is 12.6. The highest BCUT2D eigenvalue weighted by atomic mass is 32.1. The van der Waals surface area contributed by atoms with Crippen molar-refractivity contribution in [3.8, 4) is 0 Å². The number of rotatable bonds is 7. The number of amides is 1. The molecule has 0 fully saturated rings. The fourth-order valence-corrected chi connectivity index (χ4v) is 3.90. The van der Waals surface area contributed by atoms with Crippen molar-refractivity contribution < 1.29 is 23.9 Å². The van der Waals surface area contributed by atoms with E-state index >= 15 is 0 Å². The van der Waals surface area contributed by atoms with E-state index in [0.29, 0.717) is 23.4 Å². The molecule has 6 nitrogen and oxygen atoms in total. The van der Waals surface area contributed by atoms with Gasteiger partial charge in [0.05, 0.1) is 11.3 Å². The molecule has 28 heavy (non-hydrogen) atoms. The molecule has 0 saturated heterocycles. The molecule has 1 aliphatic rings. The smallest absolute Gasteiger partial charge is 0.306 e. The van der Waals surface area contributed by atoms with Crippen LogP contribution in [0.1, 0.15) is 52.3 Å². The number of nitrogens with zero attached hydrogens (tertiary/aromatic N) is 1. The van der Waals surface area contributed by atoms with Crippen molar-refractivity contribution in [3.05, 3.63) is 51.7 Å². The van der Waals surface area contributed by atoms with Crippen LogP contribution in [0.5, 0.6) is 0 Å². The highest BCUT2D eigenvalue weighted by molar-refractivity contribution is 7.12. The minimum absolute atomic E-state index is 0.0304. The van der Waals surface area contributed by atoms with Crippen LogP contribution in [0, 0.1) is 0 Å². The summed E-state index contributed by atoms with van der Waals surface area (Å²) < 4.78 is 5.21. The van der Waals surface area contributed by atoms with Gasteiger partial charge in [0.15, 0.2) is 11.9 Å². The number of ketones is 2. The van der Waals surface area contributed by atoms with Gasteiger partial charge in [-0.2, -0.15) is 0 Å². The summed E-state index contributed by atoms with van der Waals surface area (Å²) in [7, 11) is 0. The van der Waals surface area contributed by atoms with Gasteiger partial charge >= 0.3 is 5.97 Å². The zero-order valence-corrected chi connectivity index (χ0v) is 16.6. The van der Waals surface area contributed by atoms with E-state index in [0.717, 1.165) is 11.3 Å². The van der Waals surface area contributed by atoms with Gasteiger partial charge in [-0.3, -0.25) is 19.2 Å². The van der Waals surface area contributed by atoms with E-state index < -0.39 is 12.1 Å². The van der Waals surface area contributed by atoms with Gasteiger partial charge in [0, 0.05) is 31.1 Å². The molecule has 1 aromatic heterocycles. The number of ether oxygens (including phenoxy) is 1. The molecular formula is C21H21NO5S. The molecule has 146 valence electrons. The lowest BCUT2D eigenvalue weighted by atomic mass is 10.0. The number of hydrogen-bond acceptors (Lipinski definition) is 6. The van der Waals surface area contributed by atoms with E-state index in [1.165, 1.54) is 25.2 Å². The van der Waals surface area contributed by atoms with Crippen LogP contribution in [0.15, 0.2) is 35.7 Å². The number of esters is 1. The maximum absolute atomic E-state index is 12.6. The molecule has 1 aromatic carbocycles. The first-order valence-electron chi connectivity index (χ1n) is 9.08. The number of hydrogen-bond donors (Lipinski definition) is 0. The number of Topliss-reactive ketones (excluding diaryl/α,β-unsaturated/α-hetero) is 2. The number of fused-ring (bicyclic) bond motifs is 1. The Morgan fingerprint density at radius 2 is 1.96 bits per heavy atom. The third-order valence-corrected chi connectivity index (χ3v) is 5.58. The second-order valence-electron chi connectivity index (χ2n) is 6.66. The molecule has 3 rings (SSSR count). The van der Waals surface area contributed by atoms with Gasteiger partial charge in [0.25, 0.3) is 0 Å². The first kappa shape index (κ1) is 19.9. The van der Waals surface area contributed by atoms with Gasteiger partial charge < -0.3 is 9.64 Å². The molecule has 7 heteroatoms. The van der Waals surface area contributed by atoms with Gasteiger partial charge in [0.2, 0.25) is 11.7 Å². The van der Waals surface area contributed by atoms with Crippen LogP contribution in [-0.2, 0) is 20.7 Å². The molecular weight excluding hydrogens is 378 g/mol. The Labute approximate surface area is 167 Å². The quantitative estimate of drug-likeness (QED) is 0.526. The summed E-state index contributed by atoms with van der Waals surface area (Å²) in [6.07, 6.45) is -0.256. The van der Waals surface area contributed by atoms with Crippen LogP contribution in [0.4, 0.5) is 5.69 Å². The molecule has 1 atom stereocenters. The summed E-state index contributed by atoms with van der Waals surface area (Å²) in [5.74, 6) is -1.02. The molecule has 0 bridgehead atoms. The van der Waals surface area contributed by atoms with Crippen LogP contribution in [0.3, 0.4) is 0 Å². The predicted octanol–water partition coefficient (Wildman–Crippen LogP) is 3.43. The van der Waals surface area contributed by atoms with E-state index in [2.05, 4.69) is 0 Å². The van der Waals surface area contributed by atoms with Crippen LogP contribution in [-0.4, -0.2) is 36.1 Å². The van der Waals surface area contributed by atoms with Gasteiger partial charge in [-0.15, -0.1) is 11.3 Å². The van der Waals surface area contributed by atoms with E-state index in [1.807, 2.05) is 0 Å². The van der Waals surface area contributed by atoms with Gasteiger partial charge in [-0.1, -0.05) is 6.07 Å². The van der Waals surface area contributed by atoms with Crippen LogP contribution in [0.25, 0.3) is 0 Å². The lowest BCUT2D eigenvalue weighted by Gasteiger charge is -2.16. The Kier molecular flexibility index (Phi) is 6.04. The summed E-state index contributed by atoms with van der Waals surface area (Å²) in [5.41, 5.74) is 2.20. The highest BCUT2D eigenvalue weighted by Gasteiger charge is 2.25. The Hall–Kier alpha value is -2.80. The zero-order chi connectivity index (χ0) is 20.3. The van der Waals surface area contributed by atoms with E-state index in [1.54, 1.807) is 40.6 Å². The minimum Gasteiger partial charge on any atom is -0.454 e. The zero-order valence-electron chi connectivity index (χ0n) is 15.8. The van der Waals surface area contributed by atoms with E-state index in [4.69, 9.17) is 4.74 Å². The fraction of sp³-hybridized carbons (Fsp3) is 0.333. The summed E-state index contributed by atoms with van der Waals surface area (Å²) in [6.45, 7) is 3.64. The Bertz CT molecular complexity index is 919. The van der Waals surface area contributed by atoms with Gasteiger partial charge in [0.1, 0.15) is 0 Å². The van der Waals surface area contributed by atoms with Crippen LogP contribution < -0.4 is 4.90 Å². The first-order chi connectivity index (χ1) is 13.4. The summed E-state index contributed by atoms with van der Waals surface area (Å²) in [6, 6.07) is 8.65. The Balaban J connectivity index is 1.56. The summed E-state index contributed by atoms with van der Waals surface area (Å²) in [5, 5.41) is 1.80. The van der Waals surface area contributed by atoms with Crippen LogP contribution in [0.2, 0.25) is 0 Å². The number of carbonyl (C=O) groups is 4. The van der Waals surface area contributed by atoms with Gasteiger partial charge in [-0.05, 0) is 48.6 Å². The second-order valence-corrected chi connectivity index (χ2v) is 7.61. The maximum Gasteiger partial charge on any atom is 0.306 e. The highest BCUT2D eigenvalue weighted by Crippen LogP contribution is 2.29. The third-order valence-electron chi connectivity index (χ3n) is 4.67. The summed E-state index contributed by atoms with van der Waals surface area (Å²) >= 11 is 1.33. The molecule has 0 spiro atoms. The normalized spacial score (nSPS) is 13.7. The lowest BCUT2D eigenvalue weighted by Crippen LogP contribution is -2.26. The standard InChI is InChI=1S/C21H21NO5S/c1-13(27-20(25)8-7-18(24)19-4-3-11-28-19)21(26)16-5-6-17-15(12-16)9-10-22(17)14(2)23/h3-6,11-13H,7-10H2,1-2H3. The molecule has 1 aliphatic heterocycles. The largest absolute Gasteiger partial charge is 0.454 e. The Morgan fingerprint density at radius 1 is 1.18 bits per heavy atom. The molecule has 2 aromatic rings. The van der Waals surface area contributed by atoms with E-state index in [9.17, 15) is 19.2 Å². The van der Waals surface area contributed by atoms with Crippen molar-refractivity contribution in [3.63, 3.8) is 0 Å². The Morgan fingerprint density at radius 3 is 2.64 bits per heavy atom. The number of anilines is 1. The fourth-order valence-electron chi connectivity index (χ4n) is 3.20. The van der Waals surface area contributed by atoms with Crippen molar-refractivity contribution in [1.82, 2.24) is 0 Å². The lowest BCUT2D eigenvalue weighted by molar-refractivity contribution is -0.146. The number of thiophene rings is 1. The second kappa shape index (κ2) is 8.48. The SMILES string of the molecule is CC(=O)N1CCc2cc(C(=O)C(C)OC(=O)CCC(=O)c3cccs3)ccc21. The molecule has 1 amide bonds. The summed E-state index contributed by atoms with van der Waals surface area (Å²) in [4.78, 5) is 50.4. The van der Waals surface area contributed by atoms with Crippen molar-refractivity contribution >= 4 is 40.5 Å². The van der Waals surface area contributed by atoms with Crippen molar-refractivity contribution in [1.29, 1.82) is 0 Å². The molecule has 0 N–H and O–H groups in total. The van der Waals surface area contributed by atoms with E-state index in [-0.39, 0.29) is 30.3 Å². The molecule has 0 radical (unpaired) electrons. The molecule has 0 aliphatic carbocycles. The third kappa shape index (κ3) is 4.36. The molecule has 2 heterocycles. The topological polar surface area (TPSA) is 80.8 Å².